The number of hydrogen-bond acceptors (Lipinski definition) is 5. The molecule has 2 fully saturated rings. The van der Waals surface area contributed by atoms with E-state index in [1.165, 1.54) is 28.6 Å². The second-order valence-electron chi connectivity index (χ2n) is 9.15. The van der Waals surface area contributed by atoms with Crippen molar-refractivity contribution in [2.75, 3.05) is 25.0 Å². The minimum absolute atomic E-state index is 0.167. The summed E-state index contributed by atoms with van der Waals surface area (Å²) in [5, 5.41) is 5.34. The molecule has 0 aromatic heterocycles. The van der Waals surface area contributed by atoms with Crippen LogP contribution < -0.4 is 10.6 Å². The van der Waals surface area contributed by atoms with Gasteiger partial charge in [0, 0.05) is 18.8 Å². The van der Waals surface area contributed by atoms with Crippen molar-refractivity contribution in [1.29, 1.82) is 0 Å². The van der Waals surface area contributed by atoms with Gasteiger partial charge in [-0.05, 0) is 62.1 Å². The average Bonchev–Trinajstić information content (AvgIpc) is 3.02. The normalized spacial score (nSPS) is 21.5. The Morgan fingerprint density at radius 2 is 1.63 bits per heavy atom. The topological polar surface area (TPSA) is 116 Å². The fraction of sp³-hybridized carbons (Fsp3) is 0.400. The number of anilines is 1. The Labute approximate surface area is 205 Å². The fourth-order valence-corrected chi connectivity index (χ4v) is 6.16. The fourth-order valence-electron chi connectivity index (χ4n) is 4.64. The van der Waals surface area contributed by atoms with Gasteiger partial charge in [0.05, 0.1) is 4.90 Å². The molecule has 2 N–H and O–H groups in total. The van der Waals surface area contributed by atoms with Gasteiger partial charge in [-0.1, -0.05) is 37.1 Å². The van der Waals surface area contributed by atoms with Gasteiger partial charge in [0.1, 0.15) is 12.1 Å². The Hall–Kier alpha value is -3.24. The summed E-state index contributed by atoms with van der Waals surface area (Å²) in [6.45, 7) is 4.03. The monoisotopic (exact) mass is 498 g/mol. The number of sulfonamides is 1. The lowest BCUT2D eigenvalue weighted by Gasteiger charge is -2.24. The molecular weight excluding hydrogens is 468 g/mol. The molecule has 4 rings (SSSR count). The molecule has 2 aromatic carbocycles. The highest BCUT2D eigenvalue weighted by atomic mass is 32.2. The molecule has 2 aromatic rings. The first kappa shape index (κ1) is 24.9. The van der Waals surface area contributed by atoms with Crippen molar-refractivity contribution < 1.29 is 22.8 Å². The Morgan fingerprint density at radius 3 is 2.26 bits per heavy atom. The number of carbonyl (C=O) groups excluding carboxylic acids is 3. The quantitative estimate of drug-likeness (QED) is 0.594. The van der Waals surface area contributed by atoms with Gasteiger partial charge in [-0.15, -0.1) is 0 Å². The van der Waals surface area contributed by atoms with Crippen LogP contribution in [0.25, 0.3) is 0 Å². The van der Waals surface area contributed by atoms with Gasteiger partial charge in [0.15, 0.2) is 0 Å². The minimum atomic E-state index is -3.59. The predicted molar refractivity (Wildman–Crippen MR) is 131 cm³/mol. The van der Waals surface area contributed by atoms with Gasteiger partial charge < -0.3 is 10.6 Å². The first-order valence-electron chi connectivity index (χ1n) is 11.7. The number of aryl methyl sites for hydroxylation is 1. The summed E-state index contributed by atoms with van der Waals surface area (Å²) in [5.74, 6) is -1.07. The Balaban J connectivity index is 1.42. The van der Waals surface area contributed by atoms with Crippen molar-refractivity contribution in [1.82, 2.24) is 14.5 Å². The summed E-state index contributed by atoms with van der Waals surface area (Å²) in [5.41, 5.74) is 0.637. The van der Waals surface area contributed by atoms with E-state index >= 15 is 0 Å². The molecule has 9 nitrogen and oxygen atoms in total. The number of hydrogen-bond donors (Lipinski definition) is 2. The van der Waals surface area contributed by atoms with E-state index in [9.17, 15) is 22.8 Å². The number of imide groups is 1. The summed E-state index contributed by atoms with van der Waals surface area (Å²) in [6, 6.07) is 12.5. The zero-order chi connectivity index (χ0) is 25.2. The molecule has 186 valence electrons. The third kappa shape index (κ3) is 4.94. The number of nitrogens with one attached hydrogen (secondary N) is 2. The van der Waals surface area contributed by atoms with Crippen molar-refractivity contribution in [3.8, 4) is 0 Å². The number of nitrogens with zero attached hydrogens (tertiary/aromatic N) is 2. The van der Waals surface area contributed by atoms with Gasteiger partial charge in [-0.25, -0.2) is 13.2 Å². The molecule has 0 saturated carbocycles. The van der Waals surface area contributed by atoms with Crippen molar-refractivity contribution in [3.05, 3.63) is 59.7 Å². The molecule has 0 bridgehead atoms. The minimum Gasteiger partial charge on any atom is -0.325 e. The third-order valence-corrected chi connectivity index (χ3v) is 8.51. The number of urea groups is 1. The molecule has 2 saturated heterocycles. The maximum Gasteiger partial charge on any atom is 0.325 e. The van der Waals surface area contributed by atoms with Crippen LogP contribution in [-0.2, 0) is 25.2 Å². The Morgan fingerprint density at radius 1 is 1.00 bits per heavy atom. The van der Waals surface area contributed by atoms with Crippen LogP contribution in [0.3, 0.4) is 0 Å². The summed E-state index contributed by atoms with van der Waals surface area (Å²) in [6.07, 6.45) is 3.75. The highest BCUT2D eigenvalue weighted by Crippen LogP contribution is 2.31. The van der Waals surface area contributed by atoms with E-state index in [-0.39, 0.29) is 4.90 Å². The van der Waals surface area contributed by atoms with E-state index in [2.05, 4.69) is 10.6 Å². The van der Waals surface area contributed by atoms with E-state index in [0.717, 1.165) is 36.1 Å². The van der Waals surface area contributed by atoms with Crippen LogP contribution in [0.5, 0.6) is 0 Å². The summed E-state index contributed by atoms with van der Waals surface area (Å²) in [7, 11) is -3.59. The van der Waals surface area contributed by atoms with E-state index in [1.807, 2.05) is 19.1 Å². The molecule has 35 heavy (non-hydrogen) atoms. The standard InChI is InChI=1S/C25H30N4O5S/c1-18-9-5-6-10-21(18)25(2)23(31)29(24(32)27-25)17-22(30)26-19-11-13-20(14-12-19)35(33,34)28-15-7-3-4-8-16-28/h5-6,9-14H,3-4,7-8,15-17H2,1-2H3,(H,26,30)(H,27,32). The molecule has 0 spiro atoms. The smallest absolute Gasteiger partial charge is 0.325 e. The number of amides is 4. The average molecular weight is 499 g/mol. The maximum absolute atomic E-state index is 13.1. The zero-order valence-electron chi connectivity index (χ0n) is 19.9. The first-order valence-corrected chi connectivity index (χ1v) is 13.2. The van der Waals surface area contributed by atoms with Crippen LogP contribution in [0.2, 0.25) is 0 Å². The molecule has 0 aliphatic carbocycles. The van der Waals surface area contributed by atoms with Gasteiger partial charge in [-0.3, -0.25) is 14.5 Å². The molecule has 1 unspecified atom stereocenters. The van der Waals surface area contributed by atoms with E-state index in [1.54, 1.807) is 19.1 Å². The molecule has 1 atom stereocenters. The van der Waals surface area contributed by atoms with Crippen LogP contribution in [-0.4, -0.2) is 55.1 Å². The van der Waals surface area contributed by atoms with Gasteiger partial charge in [0.25, 0.3) is 5.91 Å². The van der Waals surface area contributed by atoms with E-state index < -0.39 is 40.0 Å². The summed E-state index contributed by atoms with van der Waals surface area (Å²) < 4.78 is 27.4. The molecule has 2 aliphatic heterocycles. The summed E-state index contributed by atoms with van der Waals surface area (Å²) >= 11 is 0. The maximum atomic E-state index is 13.1. The van der Waals surface area contributed by atoms with Crippen molar-refractivity contribution >= 4 is 33.6 Å². The number of carbonyl (C=O) groups is 3. The largest absolute Gasteiger partial charge is 0.325 e. The molecule has 4 amide bonds. The second kappa shape index (κ2) is 9.79. The van der Waals surface area contributed by atoms with Crippen LogP contribution in [0.15, 0.2) is 53.4 Å². The molecule has 2 heterocycles. The number of benzene rings is 2. The Bertz CT molecular complexity index is 1240. The number of rotatable bonds is 6. The highest BCUT2D eigenvalue weighted by Gasteiger charge is 2.50. The Kier molecular flexibility index (Phi) is 6.95. The molecule has 10 heteroatoms. The molecule has 0 radical (unpaired) electrons. The lowest BCUT2D eigenvalue weighted by Crippen LogP contribution is -2.42. The van der Waals surface area contributed by atoms with Gasteiger partial charge in [-0.2, -0.15) is 4.31 Å². The van der Waals surface area contributed by atoms with Crippen molar-refractivity contribution in [2.45, 2.75) is 50.0 Å². The molecular formula is C25H30N4O5S. The third-order valence-electron chi connectivity index (χ3n) is 6.60. The van der Waals surface area contributed by atoms with Crippen molar-refractivity contribution in [2.24, 2.45) is 0 Å². The summed E-state index contributed by atoms with van der Waals surface area (Å²) in [4.78, 5) is 39.3. The van der Waals surface area contributed by atoms with Gasteiger partial charge >= 0.3 is 6.03 Å². The molecule has 2 aliphatic rings. The highest BCUT2D eigenvalue weighted by molar-refractivity contribution is 7.89. The van der Waals surface area contributed by atoms with E-state index in [4.69, 9.17) is 0 Å². The lowest BCUT2D eigenvalue weighted by atomic mass is 9.88. The zero-order valence-corrected chi connectivity index (χ0v) is 20.7. The first-order chi connectivity index (χ1) is 16.6. The second-order valence-corrected chi connectivity index (χ2v) is 11.1. The predicted octanol–water partition coefficient (Wildman–Crippen LogP) is 2.97. The van der Waals surface area contributed by atoms with Gasteiger partial charge in [0.2, 0.25) is 15.9 Å². The van der Waals surface area contributed by atoms with Crippen molar-refractivity contribution in [3.63, 3.8) is 0 Å². The van der Waals surface area contributed by atoms with Crippen LogP contribution in [0, 0.1) is 6.92 Å². The van der Waals surface area contributed by atoms with Crippen LogP contribution in [0.1, 0.15) is 43.7 Å². The SMILES string of the molecule is Cc1ccccc1C1(C)NC(=O)N(CC(=O)Nc2ccc(S(=O)(=O)N3CCCCCC3)cc2)C1=O. The van der Waals surface area contributed by atoms with Crippen LogP contribution in [0.4, 0.5) is 10.5 Å². The lowest BCUT2D eigenvalue weighted by molar-refractivity contribution is -0.133. The van der Waals surface area contributed by atoms with Crippen LogP contribution >= 0.6 is 0 Å². The van der Waals surface area contributed by atoms with E-state index in [0.29, 0.717) is 24.3 Å².